The number of amides is 1. The van der Waals surface area contributed by atoms with Crippen LogP contribution in [0.4, 0.5) is 0 Å². The van der Waals surface area contributed by atoms with Gasteiger partial charge in [0.1, 0.15) is 0 Å². The smallest absolute Gasteiger partial charge is 0.225 e. The van der Waals surface area contributed by atoms with Gasteiger partial charge in [0.25, 0.3) is 0 Å². The van der Waals surface area contributed by atoms with Crippen LogP contribution in [0.5, 0.6) is 0 Å². The largest absolute Gasteiger partial charge is 0.355 e. The molecule has 1 aliphatic carbocycles. The molecule has 1 aromatic carbocycles. The van der Waals surface area contributed by atoms with Crippen LogP contribution in [-0.2, 0) is 4.79 Å². The van der Waals surface area contributed by atoms with E-state index in [9.17, 15) is 4.79 Å². The zero-order chi connectivity index (χ0) is 22.1. The van der Waals surface area contributed by atoms with E-state index in [1.54, 1.807) is 0 Å². The maximum Gasteiger partial charge on any atom is 0.225 e. The first kappa shape index (κ1) is 24.0. The van der Waals surface area contributed by atoms with Crippen LogP contribution in [0.3, 0.4) is 0 Å². The number of nitrogens with zero attached hydrogens (tertiary/aromatic N) is 2. The molecule has 2 N–H and O–H groups in total. The summed E-state index contributed by atoms with van der Waals surface area (Å²) in [5.74, 6) is 1.42. The van der Waals surface area contributed by atoms with Gasteiger partial charge in [-0.25, -0.2) is 0 Å². The highest BCUT2D eigenvalue weighted by Gasteiger charge is 2.35. The number of hydrogen-bond donors (Lipinski definition) is 2. The standard InChI is InChI=1S/C25H40N4OS/c1-4-20(5-2)23(30)29-17-13-21(14-18-29)28-24(26-3)27-19-25(15-9-10-16-25)31-22-11-7-6-8-12-22/h6-8,11-12,20-21H,4-5,9-10,13-19H2,1-3H3,(H2,26,27,28). The van der Waals surface area contributed by atoms with Gasteiger partial charge in [-0.1, -0.05) is 44.9 Å². The molecule has 2 aliphatic rings. The first-order valence-corrected chi connectivity index (χ1v) is 12.9. The summed E-state index contributed by atoms with van der Waals surface area (Å²) in [4.78, 5) is 20.6. The molecule has 6 heteroatoms. The quantitative estimate of drug-likeness (QED) is 0.451. The molecular formula is C25H40N4OS. The van der Waals surface area contributed by atoms with Crippen LogP contribution in [0.2, 0.25) is 0 Å². The summed E-state index contributed by atoms with van der Waals surface area (Å²) in [6, 6.07) is 11.1. The number of thioether (sulfide) groups is 1. The van der Waals surface area contributed by atoms with Gasteiger partial charge < -0.3 is 15.5 Å². The second-order valence-corrected chi connectivity index (χ2v) is 10.5. The minimum Gasteiger partial charge on any atom is -0.355 e. The van der Waals surface area contributed by atoms with Crippen LogP contribution in [0.25, 0.3) is 0 Å². The summed E-state index contributed by atoms with van der Waals surface area (Å²) in [5.41, 5.74) is 0. The van der Waals surface area contributed by atoms with Crippen LogP contribution in [0, 0.1) is 5.92 Å². The predicted molar refractivity (Wildman–Crippen MR) is 132 cm³/mol. The average molecular weight is 445 g/mol. The molecule has 1 saturated carbocycles. The number of hydrogen-bond acceptors (Lipinski definition) is 3. The Morgan fingerprint density at radius 3 is 2.39 bits per heavy atom. The lowest BCUT2D eigenvalue weighted by Gasteiger charge is -2.35. The van der Waals surface area contributed by atoms with E-state index in [0.29, 0.717) is 11.9 Å². The number of guanidine groups is 1. The molecule has 0 radical (unpaired) electrons. The van der Waals surface area contributed by atoms with Gasteiger partial charge in [0.05, 0.1) is 0 Å². The number of carbonyl (C=O) groups excluding carboxylic acids is 1. The highest BCUT2D eigenvalue weighted by Crippen LogP contribution is 2.44. The summed E-state index contributed by atoms with van der Waals surface area (Å²) in [6.45, 7) is 6.85. The number of benzene rings is 1. The van der Waals surface area contributed by atoms with Crippen molar-refractivity contribution in [2.75, 3.05) is 26.7 Å². The SMILES string of the molecule is CCC(CC)C(=O)N1CCC(NC(=NC)NCC2(Sc3ccccc3)CCCC2)CC1. The number of carbonyl (C=O) groups is 1. The van der Waals surface area contributed by atoms with Crippen LogP contribution >= 0.6 is 11.8 Å². The van der Waals surface area contributed by atoms with Gasteiger partial charge in [-0.2, -0.15) is 0 Å². The van der Waals surface area contributed by atoms with Crippen molar-refractivity contribution in [2.24, 2.45) is 10.9 Å². The Balaban J connectivity index is 1.49. The van der Waals surface area contributed by atoms with Gasteiger partial charge in [0.2, 0.25) is 5.91 Å². The Hall–Kier alpha value is -1.69. The Morgan fingerprint density at radius 1 is 1.16 bits per heavy atom. The molecule has 2 fully saturated rings. The number of likely N-dealkylation sites (tertiary alicyclic amines) is 1. The van der Waals surface area contributed by atoms with Crippen molar-refractivity contribution in [1.29, 1.82) is 0 Å². The molecule has 3 rings (SSSR count). The third-order valence-electron chi connectivity index (χ3n) is 6.88. The van der Waals surface area contributed by atoms with Gasteiger partial charge in [0, 0.05) is 48.3 Å². The van der Waals surface area contributed by atoms with Gasteiger partial charge in [-0.15, -0.1) is 11.8 Å². The second kappa shape index (κ2) is 11.8. The number of piperidine rings is 1. The summed E-state index contributed by atoms with van der Waals surface area (Å²) < 4.78 is 0.240. The van der Waals surface area contributed by atoms with Gasteiger partial charge in [-0.05, 0) is 50.7 Å². The lowest BCUT2D eigenvalue weighted by molar-refractivity contribution is -0.136. The third-order valence-corrected chi connectivity index (χ3v) is 8.37. The average Bonchev–Trinajstić information content (AvgIpc) is 3.27. The summed E-state index contributed by atoms with van der Waals surface area (Å²) in [6.07, 6.45) is 8.93. The van der Waals surface area contributed by atoms with E-state index in [0.717, 1.165) is 51.3 Å². The molecule has 0 aromatic heterocycles. The van der Waals surface area contributed by atoms with E-state index in [4.69, 9.17) is 0 Å². The Labute approximate surface area is 192 Å². The van der Waals surface area contributed by atoms with Crippen molar-refractivity contribution >= 4 is 23.6 Å². The molecule has 172 valence electrons. The second-order valence-electron chi connectivity index (χ2n) is 8.99. The first-order chi connectivity index (χ1) is 15.1. The molecule has 0 spiro atoms. The minimum absolute atomic E-state index is 0.184. The molecule has 1 amide bonds. The molecule has 1 heterocycles. The van der Waals surface area contributed by atoms with E-state index < -0.39 is 0 Å². The van der Waals surface area contributed by atoms with Gasteiger partial charge in [0.15, 0.2) is 5.96 Å². The highest BCUT2D eigenvalue weighted by molar-refractivity contribution is 8.00. The van der Waals surface area contributed by atoms with Crippen molar-refractivity contribution in [3.8, 4) is 0 Å². The fourth-order valence-corrected chi connectivity index (χ4v) is 6.28. The van der Waals surface area contributed by atoms with Crippen molar-refractivity contribution in [2.45, 2.75) is 80.9 Å². The maximum absolute atomic E-state index is 12.6. The molecule has 0 unspecified atom stereocenters. The molecule has 5 nitrogen and oxygen atoms in total. The summed E-state index contributed by atoms with van der Waals surface area (Å²) in [5, 5.41) is 7.25. The maximum atomic E-state index is 12.6. The summed E-state index contributed by atoms with van der Waals surface area (Å²) >= 11 is 2.02. The Bertz CT molecular complexity index is 705. The minimum atomic E-state index is 0.184. The Morgan fingerprint density at radius 2 is 1.81 bits per heavy atom. The lowest BCUT2D eigenvalue weighted by atomic mass is 9.98. The molecule has 1 aromatic rings. The molecular weight excluding hydrogens is 404 g/mol. The van der Waals surface area contributed by atoms with Crippen LogP contribution < -0.4 is 10.6 Å². The highest BCUT2D eigenvalue weighted by atomic mass is 32.2. The normalized spacial score (nSPS) is 19.6. The molecule has 1 saturated heterocycles. The number of nitrogens with one attached hydrogen (secondary N) is 2. The van der Waals surface area contributed by atoms with Crippen molar-refractivity contribution < 1.29 is 4.79 Å². The van der Waals surface area contributed by atoms with E-state index in [1.807, 2.05) is 18.8 Å². The zero-order valence-corrected chi connectivity index (χ0v) is 20.3. The molecule has 1 aliphatic heterocycles. The van der Waals surface area contributed by atoms with E-state index in [-0.39, 0.29) is 10.7 Å². The van der Waals surface area contributed by atoms with Crippen LogP contribution in [0.15, 0.2) is 40.2 Å². The van der Waals surface area contributed by atoms with Gasteiger partial charge >= 0.3 is 0 Å². The molecule has 0 atom stereocenters. The van der Waals surface area contributed by atoms with Crippen molar-refractivity contribution in [3.63, 3.8) is 0 Å². The predicted octanol–water partition coefficient (Wildman–Crippen LogP) is 4.68. The molecule has 0 bridgehead atoms. The van der Waals surface area contributed by atoms with E-state index in [2.05, 4.69) is 64.7 Å². The number of aliphatic imine (C=N–C) groups is 1. The van der Waals surface area contributed by atoms with E-state index >= 15 is 0 Å². The first-order valence-electron chi connectivity index (χ1n) is 12.1. The van der Waals surface area contributed by atoms with Crippen LogP contribution in [-0.4, -0.2) is 54.2 Å². The van der Waals surface area contributed by atoms with Crippen molar-refractivity contribution in [3.05, 3.63) is 30.3 Å². The molecule has 31 heavy (non-hydrogen) atoms. The topological polar surface area (TPSA) is 56.7 Å². The number of rotatable bonds is 8. The monoisotopic (exact) mass is 444 g/mol. The summed E-state index contributed by atoms with van der Waals surface area (Å²) in [7, 11) is 1.85. The Kier molecular flexibility index (Phi) is 9.12. The van der Waals surface area contributed by atoms with E-state index in [1.165, 1.54) is 30.6 Å². The van der Waals surface area contributed by atoms with Gasteiger partial charge in [-0.3, -0.25) is 9.79 Å². The lowest BCUT2D eigenvalue weighted by Crippen LogP contribution is -2.52. The zero-order valence-electron chi connectivity index (χ0n) is 19.5. The van der Waals surface area contributed by atoms with Crippen molar-refractivity contribution in [1.82, 2.24) is 15.5 Å². The third kappa shape index (κ3) is 6.64. The fourth-order valence-electron chi connectivity index (χ4n) is 4.85. The fraction of sp³-hybridized carbons (Fsp3) is 0.680. The van der Waals surface area contributed by atoms with Crippen LogP contribution in [0.1, 0.15) is 65.2 Å².